The summed E-state index contributed by atoms with van der Waals surface area (Å²) in [5.74, 6) is -1.14. The Bertz CT molecular complexity index is 1060. The Hall–Kier alpha value is -3.31. The molecule has 0 saturated heterocycles. The van der Waals surface area contributed by atoms with Crippen LogP contribution in [0.5, 0.6) is 0 Å². The van der Waals surface area contributed by atoms with E-state index in [-0.39, 0.29) is 23.9 Å². The normalized spacial score (nSPS) is 20.5. The molecule has 0 saturated carbocycles. The smallest absolute Gasteiger partial charge is 0.234 e. The molecule has 5 heteroatoms. The van der Waals surface area contributed by atoms with Crippen LogP contribution in [0.2, 0.25) is 0 Å². The predicted molar refractivity (Wildman–Crippen MR) is 106 cm³/mol. The summed E-state index contributed by atoms with van der Waals surface area (Å²) in [5, 5.41) is 2.85. The summed E-state index contributed by atoms with van der Waals surface area (Å²) in [6.45, 7) is 5.35. The van der Waals surface area contributed by atoms with E-state index in [9.17, 15) is 14.4 Å². The quantitative estimate of drug-likeness (QED) is 0.808. The number of Topliss-reactive ketones (excluding diaryl/α,β-unsaturated/α-hetero) is 2. The van der Waals surface area contributed by atoms with Gasteiger partial charge in [0.1, 0.15) is 0 Å². The minimum absolute atomic E-state index is 0.0194. The maximum Gasteiger partial charge on any atom is 0.234 e. The predicted octanol–water partition coefficient (Wildman–Crippen LogP) is 2.73. The number of amides is 1. The number of rotatable bonds is 4. The van der Waals surface area contributed by atoms with E-state index >= 15 is 0 Å². The van der Waals surface area contributed by atoms with E-state index < -0.39 is 12.0 Å². The Morgan fingerprint density at radius 2 is 1.79 bits per heavy atom. The van der Waals surface area contributed by atoms with Gasteiger partial charge in [-0.3, -0.25) is 14.4 Å². The van der Waals surface area contributed by atoms with Crippen molar-refractivity contribution in [3.05, 3.63) is 88.5 Å². The number of hydrogen-bond acceptors (Lipinski definition) is 4. The molecule has 4 rings (SSSR count). The SMILES string of the molecule is C=C(C)C(=O)Cc1ccc(C2=C3C(=O)c4ccccc4C(N)C3C(=O)N2)cc1. The fraction of sp³-hybridized carbons (Fsp3) is 0.174. The van der Waals surface area contributed by atoms with Crippen molar-refractivity contribution in [3.63, 3.8) is 0 Å². The summed E-state index contributed by atoms with van der Waals surface area (Å²) in [6, 6.07) is 13.9. The van der Waals surface area contributed by atoms with Gasteiger partial charge in [-0.2, -0.15) is 0 Å². The molecule has 2 aliphatic rings. The van der Waals surface area contributed by atoms with E-state index in [0.29, 0.717) is 28.0 Å². The van der Waals surface area contributed by atoms with Crippen molar-refractivity contribution in [2.75, 3.05) is 0 Å². The van der Waals surface area contributed by atoms with Gasteiger partial charge in [-0.1, -0.05) is 55.1 Å². The highest BCUT2D eigenvalue weighted by Gasteiger charge is 2.46. The Kier molecular flexibility index (Phi) is 4.32. The number of allylic oxidation sites excluding steroid dienone is 1. The number of fused-ring (bicyclic) bond motifs is 2. The molecule has 1 aliphatic heterocycles. The molecule has 28 heavy (non-hydrogen) atoms. The largest absolute Gasteiger partial charge is 0.325 e. The lowest BCUT2D eigenvalue weighted by molar-refractivity contribution is -0.122. The second-order valence-corrected chi connectivity index (χ2v) is 7.27. The lowest BCUT2D eigenvalue weighted by Gasteiger charge is -2.27. The first-order valence-corrected chi connectivity index (χ1v) is 9.10. The van der Waals surface area contributed by atoms with Crippen LogP contribution in [0.4, 0.5) is 0 Å². The Labute approximate surface area is 162 Å². The molecule has 2 aromatic rings. The Morgan fingerprint density at radius 1 is 1.11 bits per heavy atom. The van der Waals surface area contributed by atoms with E-state index in [1.165, 1.54) is 0 Å². The van der Waals surface area contributed by atoms with E-state index in [0.717, 1.165) is 11.1 Å². The number of carbonyl (C=O) groups is 3. The van der Waals surface area contributed by atoms with Crippen molar-refractivity contribution in [1.29, 1.82) is 0 Å². The van der Waals surface area contributed by atoms with Crippen LogP contribution < -0.4 is 11.1 Å². The Balaban J connectivity index is 1.74. The summed E-state index contributed by atoms with van der Waals surface area (Å²) in [5.41, 5.74) is 10.6. The maximum atomic E-state index is 13.1. The topological polar surface area (TPSA) is 89.3 Å². The van der Waals surface area contributed by atoms with Crippen LogP contribution in [0.25, 0.3) is 5.70 Å². The van der Waals surface area contributed by atoms with Gasteiger partial charge in [0.2, 0.25) is 5.91 Å². The van der Waals surface area contributed by atoms with Crippen LogP contribution in [-0.4, -0.2) is 17.5 Å². The first-order valence-electron chi connectivity index (χ1n) is 9.10. The van der Waals surface area contributed by atoms with Gasteiger partial charge in [0, 0.05) is 23.6 Å². The zero-order valence-corrected chi connectivity index (χ0v) is 15.5. The fourth-order valence-electron chi connectivity index (χ4n) is 3.82. The zero-order chi connectivity index (χ0) is 20.0. The average molecular weight is 372 g/mol. The molecule has 3 N–H and O–H groups in total. The van der Waals surface area contributed by atoms with Crippen LogP contribution in [-0.2, 0) is 16.0 Å². The van der Waals surface area contributed by atoms with E-state index in [4.69, 9.17) is 5.73 Å². The monoisotopic (exact) mass is 372 g/mol. The number of ketones is 2. The standard InChI is InChI=1S/C23H20N2O3/c1-12(2)17(26)11-13-7-9-14(10-8-13)21-19-18(23(28)25-21)20(24)15-5-3-4-6-16(15)22(19)27/h3-10,18,20H,1,11,24H2,2H3,(H,25,28). The number of nitrogens with two attached hydrogens (primary N) is 1. The van der Waals surface area contributed by atoms with Gasteiger partial charge in [0.05, 0.1) is 11.6 Å². The summed E-state index contributed by atoms with van der Waals surface area (Å²) in [6.07, 6.45) is 0.272. The minimum atomic E-state index is -0.693. The summed E-state index contributed by atoms with van der Waals surface area (Å²) in [4.78, 5) is 37.6. The molecule has 1 amide bonds. The van der Waals surface area contributed by atoms with Gasteiger partial charge in [-0.25, -0.2) is 0 Å². The average Bonchev–Trinajstić information content (AvgIpc) is 3.04. The summed E-state index contributed by atoms with van der Waals surface area (Å²) >= 11 is 0. The van der Waals surface area contributed by atoms with Crippen molar-refractivity contribution >= 4 is 23.2 Å². The third-order valence-electron chi connectivity index (χ3n) is 5.36. The first-order chi connectivity index (χ1) is 13.4. The molecular formula is C23H20N2O3. The molecule has 0 aromatic heterocycles. The highest BCUT2D eigenvalue weighted by atomic mass is 16.2. The second kappa shape index (κ2) is 6.69. The van der Waals surface area contributed by atoms with Crippen molar-refractivity contribution in [2.24, 2.45) is 11.7 Å². The highest BCUT2D eigenvalue weighted by molar-refractivity contribution is 6.22. The maximum absolute atomic E-state index is 13.1. The third-order valence-corrected chi connectivity index (χ3v) is 5.36. The van der Waals surface area contributed by atoms with Crippen molar-refractivity contribution in [3.8, 4) is 0 Å². The summed E-state index contributed by atoms with van der Waals surface area (Å²) in [7, 11) is 0. The minimum Gasteiger partial charge on any atom is -0.325 e. The molecule has 1 aliphatic carbocycles. The number of carbonyl (C=O) groups excluding carboxylic acids is 3. The fourth-order valence-corrected chi connectivity index (χ4v) is 3.82. The van der Waals surface area contributed by atoms with Crippen LogP contribution in [0.3, 0.4) is 0 Å². The molecule has 0 fully saturated rings. The molecule has 140 valence electrons. The van der Waals surface area contributed by atoms with Gasteiger partial charge in [-0.05, 0) is 29.2 Å². The molecule has 2 unspecified atom stereocenters. The molecule has 0 spiro atoms. The first kappa shape index (κ1) is 18.1. The van der Waals surface area contributed by atoms with Gasteiger partial charge in [0.25, 0.3) is 0 Å². The van der Waals surface area contributed by atoms with Gasteiger partial charge in [0.15, 0.2) is 11.6 Å². The van der Waals surface area contributed by atoms with Crippen LogP contribution in [0.1, 0.15) is 40.0 Å². The van der Waals surface area contributed by atoms with Crippen molar-refractivity contribution in [2.45, 2.75) is 19.4 Å². The molecule has 0 radical (unpaired) electrons. The van der Waals surface area contributed by atoms with E-state index in [1.807, 2.05) is 30.3 Å². The van der Waals surface area contributed by atoms with E-state index in [1.54, 1.807) is 25.1 Å². The van der Waals surface area contributed by atoms with Crippen LogP contribution in [0.15, 0.2) is 66.3 Å². The van der Waals surface area contributed by atoms with Crippen molar-refractivity contribution in [1.82, 2.24) is 5.32 Å². The number of hydrogen-bond donors (Lipinski definition) is 2. The van der Waals surface area contributed by atoms with Gasteiger partial charge < -0.3 is 11.1 Å². The molecule has 1 heterocycles. The van der Waals surface area contributed by atoms with Crippen molar-refractivity contribution < 1.29 is 14.4 Å². The second-order valence-electron chi connectivity index (χ2n) is 7.27. The van der Waals surface area contributed by atoms with E-state index in [2.05, 4.69) is 11.9 Å². The lowest BCUT2D eigenvalue weighted by atomic mass is 9.76. The highest BCUT2D eigenvalue weighted by Crippen LogP contribution is 2.42. The summed E-state index contributed by atoms with van der Waals surface area (Å²) < 4.78 is 0. The zero-order valence-electron chi connectivity index (χ0n) is 15.5. The third kappa shape index (κ3) is 2.80. The lowest BCUT2D eigenvalue weighted by Crippen LogP contribution is -2.36. The molecule has 2 atom stereocenters. The van der Waals surface area contributed by atoms with Crippen LogP contribution >= 0.6 is 0 Å². The van der Waals surface area contributed by atoms with Gasteiger partial charge >= 0.3 is 0 Å². The molecular weight excluding hydrogens is 352 g/mol. The number of nitrogens with one attached hydrogen (secondary N) is 1. The molecule has 5 nitrogen and oxygen atoms in total. The molecule has 0 bridgehead atoms. The van der Waals surface area contributed by atoms with Gasteiger partial charge in [-0.15, -0.1) is 0 Å². The van der Waals surface area contributed by atoms with Crippen LogP contribution in [0, 0.1) is 5.92 Å². The molecule has 2 aromatic carbocycles. The number of benzene rings is 2. The Morgan fingerprint density at radius 3 is 2.46 bits per heavy atom.